The van der Waals surface area contributed by atoms with E-state index in [4.69, 9.17) is 0 Å². The molecule has 0 bridgehead atoms. The van der Waals surface area contributed by atoms with Crippen LogP contribution < -0.4 is 4.90 Å². The van der Waals surface area contributed by atoms with Gasteiger partial charge in [0, 0.05) is 18.3 Å². The molecule has 1 N–H and O–H groups in total. The minimum Gasteiger partial charge on any atom is -0.478 e. The average Bonchev–Trinajstić information content (AvgIpc) is 3.07. The van der Waals surface area contributed by atoms with Gasteiger partial charge in [-0.05, 0) is 38.3 Å². The van der Waals surface area contributed by atoms with Crippen LogP contribution in [0.2, 0.25) is 0 Å². The summed E-state index contributed by atoms with van der Waals surface area (Å²) in [6.45, 7) is 8.09. The summed E-state index contributed by atoms with van der Waals surface area (Å²) in [5.74, 6) is -0.327. The Morgan fingerprint density at radius 3 is 2.78 bits per heavy atom. The lowest BCUT2D eigenvalue weighted by Gasteiger charge is -2.24. The van der Waals surface area contributed by atoms with Crippen molar-refractivity contribution in [1.82, 2.24) is 4.98 Å². The Bertz CT molecular complexity index is 493. The van der Waals surface area contributed by atoms with E-state index in [0.29, 0.717) is 24.0 Å². The molecule has 0 unspecified atom stereocenters. The highest BCUT2D eigenvalue weighted by Gasteiger charge is 2.32. The largest absolute Gasteiger partial charge is 0.478 e. The first-order chi connectivity index (χ1) is 8.54. The molecule has 1 aliphatic rings. The standard InChI is InChI=1S/C14H18N2O2/c1-4-7-16(11-5-6-11)13-12(14(17)18)9(2)8-10(3)15-13/h4,8,11H,1,5-7H2,2-3H3,(H,17,18). The van der Waals surface area contributed by atoms with E-state index < -0.39 is 5.97 Å². The Morgan fingerprint density at radius 1 is 1.61 bits per heavy atom. The zero-order chi connectivity index (χ0) is 13.3. The molecule has 1 aromatic heterocycles. The fourth-order valence-corrected chi connectivity index (χ4v) is 2.22. The van der Waals surface area contributed by atoms with Gasteiger partial charge in [0.15, 0.2) is 0 Å². The topological polar surface area (TPSA) is 53.4 Å². The number of anilines is 1. The van der Waals surface area contributed by atoms with E-state index in [1.807, 2.05) is 19.9 Å². The summed E-state index contributed by atoms with van der Waals surface area (Å²) in [6.07, 6.45) is 3.99. The molecule has 0 amide bonds. The minimum atomic E-state index is -0.912. The normalized spacial score (nSPS) is 14.3. The van der Waals surface area contributed by atoms with Crippen LogP contribution in [-0.2, 0) is 0 Å². The molecular weight excluding hydrogens is 228 g/mol. The first-order valence-electron chi connectivity index (χ1n) is 6.13. The van der Waals surface area contributed by atoms with Crippen molar-refractivity contribution >= 4 is 11.8 Å². The first-order valence-corrected chi connectivity index (χ1v) is 6.13. The molecule has 1 aromatic rings. The van der Waals surface area contributed by atoms with Crippen molar-refractivity contribution < 1.29 is 9.90 Å². The molecule has 1 heterocycles. The maximum atomic E-state index is 11.4. The van der Waals surface area contributed by atoms with Gasteiger partial charge in [0.2, 0.25) is 0 Å². The number of carboxylic acids is 1. The van der Waals surface area contributed by atoms with Gasteiger partial charge in [-0.2, -0.15) is 0 Å². The summed E-state index contributed by atoms with van der Waals surface area (Å²) in [6, 6.07) is 2.22. The maximum Gasteiger partial charge on any atom is 0.339 e. The summed E-state index contributed by atoms with van der Waals surface area (Å²) < 4.78 is 0. The average molecular weight is 246 g/mol. The number of aromatic carboxylic acids is 1. The van der Waals surface area contributed by atoms with Gasteiger partial charge in [-0.25, -0.2) is 9.78 Å². The third-order valence-electron chi connectivity index (χ3n) is 3.12. The molecule has 0 radical (unpaired) electrons. The van der Waals surface area contributed by atoms with Gasteiger partial charge < -0.3 is 10.0 Å². The van der Waals surface area contributed by atoms with Crippen molar-refractivity contribution in [3.63, 3.8) is 0 Å². The van der Waals surface area contributed by atoms with E-state index in [1.54, 1.807) is 6.08 Å². The Morgan fingerprint density at radius 2 is 2.28 bits per heavy atom. The quantitative estimate of drug-likeness (QED) is 0.811. The second-order valence-corrected chi connectivity index (χ2v) is 4.76. The summed E-state index contributed by atoms with van der Waals surface area (Å²) >= 11 is 0. The van der Waals surface area contributed by atoms with E-state index in [1.165, 1.54) is 0 Å². The Kier molecular flexibility index (Phi) is 3.36. The van der Waals surface area contributed by atoms with Gasteiger partial charge in [0.1, 0.15) is 11.4 Å². The second kappa shape index (κ2) is 4.80. The van der Waals surface area contributed by atoms with Gasteiger partial charge in [-0.3, -0.25) is 0 Å². The van der Waals surface area contributed by atoms with Crippen molar-refractivity contribution in [1.29, 1.82) is 0 Å². The van der Waals surface area contributed by atoms with Crippen LogP contribution in [0.1, 0.15) is 34.5 Å². The number of carboxylic acid groups (broad SMARTS) is 1. The molecule has 1 fully saturated rings. The number of aryl methyl sites for hydroxylation is 2. The summed E-state index contributed by atoms with van der Waals surface area (Å²) in [5, 5.41) is 9.36. The van der Waals surface area contributed by atoms with E-state index in [0.717, 1.165) is 24.1 Å². The number of carbonyl (C=O) groups is 1. The summed E-state index contributed by atoms with van der Waals surface area (Å²) in [5.41, 5.74) is 1.93. The predicted molar refractivity (Wildman–Crippen MR) is 71.2 cm³/mol. The van der Waals surface area contributed by atoms with Crippen LogP contribution in [-0.4, -0.2) is 28.6 Å². The minimum absolute atomic E-state index is 0.314. The lowest BCUT2D eigenvalue weighted by atomic mass is 10.1. The lowest BCUT2D eigenvalue weighted by Crippen LogP contribution is -2.29. The molecule has 2 rings (SSSR count). The highest BCUT2D eigenvalue weighted by Crippen LogP contribution is 2.33. The summed E-state index contributed by atoms with van der Waals surface area (Å²) in [7, 11) is 0. The van der Waals surface area contributed by atoms with Gasteiger partial charge in [0.05, 0.1) is 0 Å². The lowest BCUT2D eigenvalue weighted by molar-refractivity contribution is 0.0696. The van der Waals surface area contributed by atoms with Crippen LogP contribution in [0.15, 0.2) is 18.7 Å². The fourth-order valence-electron chi connectivity index (χ4n) is 2.22. The molecule has 0 aliphatic heterocycles. The highest BCUT2D eigenvalue weighted by atomic mass is 16.4. The van der Waals surface area contributed by atoms with Crippen molar-refractivity contribution in [2.24, 2.45) is 0 Å². The van der Waals surface area contributed by atoms with E-state index in [-0.39, 0.29) is 0 Å². The first kappa shape index (κ1) is 12.6. The van der Waals surface area contributed by atoms with E-state index in [2.05, 4.69) is 16.5 Å². The molecule has 1 aliphatic carbocycles. The van der Waals surface area contributed by atoms with Crippen LogP contribution in [0.25, 0.3) is 0 Å². The Hall–Kier alpha value is -1.84. The molecule has 0 aromatic carbocycles. The van der Waals surface area contributed by atoms with Crippen LogP contribution in [0.5, 0.6) is 0 Å². The van der Waals surface area contributed by atoms with Crippen molar-refractivity contribution in [2.75, 3.05) is 11.4 Å². The molecule has 0 spiro atoms. The maximum absolute atomic E-state index is 11.4. The third-order valence-corrected chi connectivity index (χ3v) is 3.12. The molecule has 0 atom stereocenters. The van der Waals surface area contributed by atoms with Crippen molar-refractivity contribution in [3.8, 4) is 0 Å². The van der Waals surface area contributed by atoms with Crippen LogP contribution in [0.4, 0.5) is 5.82 Å². The zero-order valence-corrected chi connectivity index (χ0v) is 10.8. The monoisotopic (exact) mass is 246 g/mol. The molecule has 96 valence electrons. The van der Waals surface area contributed by atoms with Gasteiger partial charge in [-0.1, -0.05) is 6.08 Å². The SMILES string of the molecule is C=CCN(c1nc(C)cc(C)c1C(=O)O)C1CC1. The number of nitrogens with zero attached hydrogens (tertiary/aromatic N) is 2. The van der Waals surface area contributed by atoms with Crippen molar-refractivity contribution in [2.45, 2.75) is 32.7 Å². The van der Waals surface area contributed by atoms with Gasteiger partial charge in [0.25, 0.3) is 0 Å². The summed E-state index contributed by atoms with van der Waals surface area (Å²) in [4.78, 5) is 17.9. The van der Waals surface area contributed by atoms with Crippen LogP contribution in [0.3, 0.4) is 0 Å². The second-order valence-electron chi connectivity index (χ2n) is 4.76. The molecule has 1 saturated carbocycles. The fraction of sp³-hybridized carbons (Fsp3) is 0.429. The molecule has 0 saturated heterocycles. The number of rotatable bonds is 5. The number of hydrogen-bond donors (Lipinski definition) is 1. The third kappa shape index (κ3) is 2.37. The number of hydrogen-bond acceptors (Lipinski definition) is 3. The Labute approximate surface area is 107 Å². The zero-order valence-electron chi connectivity index (χ0n) is 10.8. The highest BCUT2D eigenvalue weighted by molar-refractivity contribution is 5.95. The van der Waals surface area contributed by atoms with Crippen LogP contribution >= 0.6 is 0 Å². The number of pyridine rings is 1. The molecule has 18 heavy (non-hydrogen) atoms. The molecule has 4 heteroatoms. The Balaban J connectivity index is 2.52. The molecule has 4 nitrogen and oxygen atoms in total. The predicted octanol–water partition coefficient (Wildman–Crippen LogP) is 2.55. The smallest absolute Gasteiger partial charge is 0.339 e. The van der Waals surface area contributed by atoms with Gasteiger partial charge in [-0.15, -0.1) is 6.58 Å². The van der Waals surface area contributed by atoms with Crippen molar-refractivity contribution in [3.05, 3.63) is 35.5 Å². The number of aromatic nitrogens is 1. The molecular formula is C14H18N2O2. The van der Waals surface area contributed by atoms with E-state index in [9.17, 15) is 9.90 Å². The van der Waals surface area contributed by atoms with Crippen LogP contribution in [0, 0.1) is 13.8 Å². The van der Waals surface area contributed by atoms with E-state index >= 15 is 0 Å². The van der Waals surface area contributed by atoms with Gasteiger partial charge >= 0.3 is 5.97 Å².